The van der Waals surface area contributed by atoms with E-state index in [1.54, 1.807) is 0 Å². The zero-order chi connectivity index (χ0) is 17.2. The van der Waals surface area contributed by atoms with Crippen molar-refractivity contribution in [3.63, 3.8) is 0 Å². The molecule has 3 nitrogen and oxygen atoms in total. The molecule has 0 saturated carbocycles. The van der Waals surface area contributed by atoms with Gasteiger partial charge in [-0.15, -0.1) is 0 Å². The van der Waals surface area contributed by atoms with Crippen molar-refractivity contribution in [1.29, 1.82) is 0 Å². The molecule has 0 amide bonds. The largest absolute Gasteiger partial charge is 0.394 e. The molecule has 3 rings (SSSR count). The molecule has 0 heterocycles. The third-order valence-corrected chi connectivity index (χ3v) is 5.15. The van der Waals surface area contributed by atoms with E-state index in [1.807, 2.05) is 26.0 Å². The number of rotatable bonds is 6. The molecule has 0 aromatic heterocycles. The Labute approximate surface area is 142 Å². The van der Waals surface area contributed by atoms with E-state index in [1.165, 1.54) is 27.1 Å². The summed E-state index contributed by atoms with van der Waals surface area (Å²) in [6.07, 6.45) is 0. The predicted molar refractivity (Wildman–Crippen MR) is 100 cm³/mol. The molecule has 0 atom stereocenters. The van der Waals surface area contributed by atoms with Gasteiger partial charge in [0.15, 0.2) is 0 Å². The highest BCUT2D eigenvalue weighted by molar-refractivity contribution is 6.08. The van der Waals surface area contributed by atoms with Crippen molar-refractivity contribution < 1.29 is 10.2 Å². The van der Waals surface area contributed by atoms with Gasteiger partial charge in [-0.05, 0) is 39.1 Å². The van der Waals surface area contributed by atoms with Gasteiger partial charge in [0.25, 0.3) is 0 Å². The maximum absolute atomic E-state index is 9.79. The van der Waals surface area contributed by atoms with E-state index < -0.39 is 5.54 Å². The lowest BCUT2D eigenvalue weighted by Crippen LogP contribution is -2.55. The van der Waals surface area contributed by atoms with Crippen molar-refractivity contribution >= 4 is 21.5 Å². The lowest BCUT2D eigenvalue weighted by Gasteiger charge is -2.35. The first-order chi connectivity index (χ1) is 11.6. The average molecular weight is 323 g/mol. The van der Waals surface area contributed by atoms with Crippen molar-refractivity contribution in [2.24, 2.45) is 5.92 Å². The number of nitrogens with one attached hydrogen (secondary N) is 1. The summed E-state index contributed by atoms with van der Waals surface area (Å²) in [4.78, 5) is 0. The lowest BCUT2D eigenvalue weighted by molar-refractivity contribution is 0.0552. The van der Waals surface area contributed by atoms with Crippen LogP contribution in [0.5, 0.6) is 0 Å². The highest BCUT2D eigenvalue weighted by atomic mass is 16.3. The van der Waals surface area contributed by atoms with Crippen LogP contribution in [0.25, 0.3) is 21.5 Å². The maximum atomic E-state index is 9.79. The fourth-order valence-electron chi connectivity index (χ4n) is 3.28. The SMILES string of the molecule is CC(C)C(CO)(CO)NCc1cc2ccccc2c2ccccc12. The average Bonchev–Trinajstić information content (AvgIpc) is 2.62. The Balaban J connectivity index is 2.05. The molecule has 0 spiro atoms. The van der Waals surface area contributed by atoms with Crippen LogP contribution in [-0.4, -0.2) is 29.0 Å². The second-order valence-electron chi connectivity index (χ2n) is 6.78. The van der Waals surface area contributed by atoms with E-state index in [0.717, 1.165) is 0 Å². The Hall–Kier alpha value is -1.94. The summed E-state index contributed by atoms with van der Waals surface area (Å²) in [6.45, 7) is 4.44. The van der Waals surface area contributed by atoms with Crippen molar-refractivity contribution in [3.8, 4) is 0 Å². The van der Waals surface area contributed by atoms with Gasteiger partial charge in [0.05, 0.1) is 18.8 Å². The van der Waals surface area contributed by atoms with Crippen LogP contribution in [0.15, 0.2) is 54.6 Å². The van der Waals surface area contributed by atoms with E-state index in [0.29, 0.717) is 6.54 Å². The first-order valence-corrected chi connectivity index (χ1v) is 8.47. The summed E-state index contributed by atoms with van der Waals surface area (Å²) in [5, 5.41) is 27.9. The second-order valence-corrected chi connectivity index (χ2v) is 6.78. The molecule has 3 aromatic rings. The zero-order valence-corrected chi connectivity index (χ0v) is 14.3. The quantitative estimate of drug-likeness (QED) is 0.609. The Morgan fingerprint density at radius 3 is 2.08 bits per heavy atom. The van der Waals surface area contributed by atoms with Gasteiger partial charge in [-0.25, -0.2) is 0 Å². The molecule has 3 aromatic carbocycles. The standard InChI is InChI=1S/C21H25NO2/c1-15(2)21(13-23,14-24)22-12-17-11-16-7-3-4-8-18(16)20-10-6-5-9-19(17)20/h3-11,15,22-24H,12-14H2,1-2H3. The summed E-state index contributed by atoms with van der Waals surface area (Å²) in [7, 11) is 0. The molecule has 0 aliphatic carbocycles. The molecule has 0 bridgehead atoms. The number of hydrogen-bond donors (Lipinski definition) is 3. The fourth-order valence-corrected chi connectivity index (χ4v) is 3.28. The summed E-state index contributed by atoms with van der Waals surface area (Å²) in [5.41, 5.74) is 0.503. The van der Waals surface area contributed by atoms with E-state index in [9.17, 15) is 10.2 Å². The first-order valence-electron chi connectivity index (χ1n) is 8.47. The van der Waals surface area contributed by atoms with Gasteiger partial charge in [-0.2, -0.15) is 0 Å². The van der Waals surface area contributed by atoms with E-state index >= 15 is 0 Å². The predicted octanol–water partition coefficient (Wildman–Crippen LogP) is 3.46. The van der Waals surface area contributed by atoms with E-state index in [2.05, 4.69) is 47.8 Å². The van der Waals surface area contributed by atoms with Crippen LogP contribution < -0.4 is 5.32 Å². The summed E-state index contributed by atoms with van der Waals surface area (Å²) < 4.78 is 0. The van der Waals surface area contributed by atoms with Crippen LogP contribution in [0.3, 0.4) is 0 Å². The molecule has 24 heavy (non-hydrogen) atoms. The van der Waals surface area contributed by atoms with Gasteiger partial charge >= 0.3 is 0 Å². The van der Waals surface area contributed by atoms with Gasteiger partial charge < -0.3 is 15.5 Å². The van der Waals surface area contributed by atoms with Crippen LogP contribution in [-0.2, 0) is 6.54 Å². The zero-order valence-electron chi connectivity index (χ0n) is 14.3. The third-order valence-electron chi connectivity index (χ3n) is 5.15. The minimum atomic E-state index is -0.674. The maximum Gasteiger partial charge on any atom is 0.0673 e. The van der Waals surface area contributed by atoms with E-state index in [4.69, 9.17) is 0 Å². The summed E-state index contributed by atoms with van der Waals surface area (Å²) >= 11 is 0. The second kappa shape index (κ2) is 6.89. The Kier molecular flexibility index (Phi) is 4.86. The van der Waals surface area contributed by atoms with Gasteiger partial charge in [-0.3, -0.25) is 0 Å². The number of fused-ring (bicyclic) bond motifs is 3. The van der Waals surface area contributed by atoms with Gasteiger partial charge in [0.2, 0.25) is 0 Å². The normalized spacial score (nSPS) is 12.4. The highest BCUT2D eigenvalue weighted by Gasteiger charge is 2.32. The molecule has 126 valence electrons. The highest BCUT2D eigenvalue weighted by Crippen LogP contribution is 2.29. The van der Waals surface area contributed by atoms with Gasteiger partial charge in [-0.1, -0.05) is 62.4 Å². The molecule has 3 heteroatoms. The molecular weight excluding hydrogens is 298 g/mol. The van der Waals surface area contributed by atoms with Crippen LogP contribution in [0.1, 0.15) is 19.4 Å². The molecule has 0 aliphatic rings. The Morgan fingerprint density at radius 2 is 1.46 bits per heavy atom. The van der Waals surface area contributed by atoms with Gasteiger partial charge in [0.1, 0.15) is 0 Å². The number of hydrogen-bond acceptors (Lipinski definition) is 3. The third kappa shape index (κ3) is 2.91. The minimum absolute atomic E-state index is 0.0906. The van der Waals surface area contributed by atoms with Crippen LogP contribution in [0.4, 0.5) is 0 Å². The molecule has 0 aliphatic heterocycles. The van der Waals surface area contributed by atoms with Crippen LogP contribution in [0, 0.1) is 5.92 Å². The fraction of sp³-hybridized carbons (Fsp3) is 0.333. The molecule has 0 saturated heterocycles. The van der Waals surface area contributed by atoms with E-state index in [-0.39, 0.29) is 19.1 Å². The Bertz CT molecular complexity index is 837. The molecule has 0 radical (unpaired) electrons. The minimum Gasteiger partial charge on any atom is -0.394 e. The molecule has 0 unspecified atom stereocenters. The van der Waals surface area contributed by atoms with Crippen LogP contribution in [0.2, 0.25) is 0 Å². The summed E-state index contributed by atoms with van der Waals surface area (Å²) in [5.74, 6) is 0.124. The topological polar surface area (TPSA) is 52.5 Å². The van der Waals surface area contributed by atoms with Crippen molar-refractivity contribution in [3.05, 3.63) is 60.2 Å². The monoisotopic (exact) mass is 323 g/mol. The number of aliphatic hydroxyl groups excluding tert-OH is 2. The molecular formula is C21H25NO2. The smallest absolute Gasteiger partial charge is 0.0673 e. The van der Waals surface area contributed by atoms with Crippen molar-refractivity contribution in [2.45, 2.75) is 25.9 Å². The number of aliphatic hydroxyl groups is 2. The van der Waals surface area contributed by atoms with Crippen molar-refractivity contribution in [1.82, 2.24) is 5.32 Å². The molecule has 3 N–H and O–H groups in total. The van der Waals surface area contributed by atoms with Gasteiger partial charge in [0, 0.05) is 6.54 Å². The van der Waals surface area contributed by atoms with Crippen molar-refractivity contribution in [2.75, 3.05) is 13.2 Å². The lowest BCUT2D eigenvalue weighted by atomic mass is 9.87. The number of benzene rings is 3. The first kappa shape index (κ1) is 16.9. The Morgan fingerprint density at radius 1 is 0.875 bits per heavy atom. The molecule has 0 fully saturated rings. The van der Waals surface area contributed by atoms with Crippen LogP contribution >= 0.6 is 0 Å². The summed E-state index contributed by atoms with van der Waals surface area (Å²) in [6, 6.07) is 19.0.